The van der Waals surface area contributed by atoms with Crippen LogP contribution in [-0.4, -0.2) is 15.8 Å². The van der Waals surface area contributed by atoms with E-state index < -0.39 is 13.9 Å². The predicted molar refractivity (Wildman–Crippen MR) is 170 cm³/mol. The van der Waals surface area contributed by atoms with Crippen LogP contribution in [0.25, 0.3) is 0 Å². The number of carbonyl (C=O) groups is 1. The topological polar surface area (TPSA) is 75.8 Å². The van der Waals surface area contributed by atoms with Gasteiger partial charge in [0.15, 0.2) is 9.25 Å². The second-order valence-corrected chi connectivity index (χ2v) is 12.8. The summed E-state index contributed by atoms with van der Waals surface area (Å²) < 4.78 is -1.50. The van der Waals surface area contributed by atoms with Crippen molar-refractivity contribution in [1.82, 2.24) is 0 Å². The molecule has 2 aliphatic rings. The molecule has 7 rings (SSSR count). The molecule has 0 radical (unpaired) electrons. The molecule has 0 saturated heterocycles. The van der Waals surface area contributed by atoms with Crippen molar-refractivity contribution in [2.75, 3.05) is 5.01 Å². The molecule has 0 aliphatic carbocycles. The fourth-order valence-corrected chi connectivity index (χ4v) is 9.28. The van der Waals surface area contributed by atoms with Gasteiger partial charge in [-0.05, 0) is 28.8 Å². The first-order chi connectivity index (χ1) is 20.5. The summed E-state index contributed by atoms with van der Waals surface area (Å²) >= 11 is 3.15. The number of thioether (sulfide) groups is 2. The molecule has 0 bridgehead atoms. The summed E-state index contributed by atoms with van der Waals surface area (Å²) in [5.74, 6) is -0.167. The van der Waals surface area contributed by atoms with E-state index in [0.29, 0.717) is 16.3 Å². The molecule has 0 N–H and O–H groups in total. The van der Waals surface area contributed by atoms with Gasteiger partial charge in [-0.25, -0.2) is 5.01 Å². The van der Waals surface area contributed by atoms with Crippen molar-refractivity contribution >= 4 is 45.7 Å². The van der Waals surface area contributed by atoms with Crippen LogP contribution in [0, 0.1) is 10.1 Å². The van der Waals surface area contributed by atoms with Crippen molar-refractivity contribution in [2.24, 2.45) is 5.10 Å². The SMILES string of the molecule is O=C(C1=NN(c2ccc([N+](=O)[O-])cc2)[C@@]2(S1)SC(c1ccccc1)(c1ccccc1)c1ccccc12)c1ccccc1. The van der Waals surface area contributed by atoms with Gasteiger partial charge in [-0.1, -0.05) is 139 Å². The average molecular weight is 586 g/mol. The number of rotatable bonds is 6. The molecule has 42 heavy (non-hydrogen) atoms. The highest BCUT2D eigenvalue weighted by atomic mass is 32.2. The number of hydrogen-bond acceptors (Lipinski definition) is 7. The van der Waals surface area contributed by atoms with E-state index in [0.717, 1.165) is 22.3 Å². The standard InChI is InChI=1S/C34H23N3O3S2/c38-31(24-12-4-1-5-13-24)32-35-36(27-20-22-28(23-21-27)37(39)40)34(41-32)30-19-11-10-18-29(30)33(42-34,25-14-6-2-7-15-25)26-16-8-3-9-17-26/h1-23H/t34-/m0/s1. The van der Waals surface area contributed by atoms with E-state index in [1.165, 1.54) is 23.9 Å². The maximum atomic E-state index is 13.8. The first-order valence-electron chi connectivity index (χ1n) is 13.4. The molecule has 8 heteroatoms. The molecule has 5 aromatic carbocycles. The van der Waals surface area contributed by atoms with Crippen LogP contribution in [0.3, 0.4) is 0 Å². The van der Waals surface area contributed by atoms with E-state index in [2.05, 4.69) is 36.4 Å². The highest BCUT2D eigenvalue weighted by molar-refractivity contribution is 8.27. The van der Waals surface area contributed by atoms with Crippen LogP contribution >= 0.6 is 23.5 Å². The van der Waals surface area contributed by atoms with E-state index in [1.54, 1.807) is 36.0 Å². The Morgan fingerprint density at radius 3 is 1.79 bits per heavy atom. The predicted octanol–water partition coefficient (Wildman–Crippen LogP) is 8.19. The third-order valence-corrected chi connectivity index (χ3v) is 10.8. The van der Waals surface area contributed by atoms with E-state index in [4.69, 9.17) is 5.10 Å². The largest absolute Gasteiger partial charge is 0.286 e. The van der Waals surface area contributed by atoms with Crippen molar-refractivity contribution in [3.05, 3.63) is 177 Å². The molecule has 2 aliphatic heterocycles. The van der Waals surface area contributed by atoms with Crippen molar-refractivity contribution in [3.8, 4) is 0 Å². The van der Waals surface area contributed by atoms with Crippen LogP contribution in [0.1, 0.15) is 32.6 Å². The van der Waals surface area contributed by atoms with Crippen LogP contribution in [-0.2, 0) is 8.95 Å². The smallest absolute Gasteiger partial charge is 0.269 e. The van der Waals surface area contributed by atoms with Gasteiger partial charge >= 0.3 is 0 Å². The number of nitrogens with zero attached hydrogens (tertiary/aromatic N) is 3. The Kier molecular flexibility index (Phi) is 6.45. The quantitative estimate of drug-likeness (QED) is 0.114. The minimum atomic E-state index is -0.877. The number of nitro groups is 1. The van der Waals surface area contributed by atoms with Gasteiger partial charge in [0.2, 0.25) is 5.78 Å². The number of nitro benzene ring substituents is 1. The fraction of sp³-hybridized carbons (Fsp3) is 0.0588. The molecule has 0 saturated carbocycles. The zero-order valence-corrected chi connectivity index (χ0v) is 23.8. The molecule has 0 fully saturated rings. The van der Waals surface area contributed by atoms with Crippen molar-refractivity contribution in [1.29, 1.82) is 0 Å². The summed E-state index contributed by atoms with van der Waals surface area (Å²) in [5.41, 5.74) is 5.55. The van der Waals surface area contributed by atoms with Gasteiger partial charge in [0.05, 0.1) is 15.4 Å². The molecular formula is C34H23N3O3S2. The fourth-order valence-electron chi connectivity index (χ4n) is 5.66. The van der Waals surface area contributed by atoms with Gasteiger partial charge in [0, 0.05) is 23.3 Å². The minimum absolute atomic E-state index is 0.00777. The first kappa shape index (κ1) is 26.3. The lowest BCUT2D eigenvalue weighted by atomic mass is 9.82. The maximum Gasteiger partial charge on any atom is 0.269 e. The summed E-state index contributed by atoms with van der Waals surface area (Å²) in [6, 6.07) is 44.6. The van der Waals surface area contributed by atoms with Gasteiger partial charge < -0.3 is 0 Å². The summed E-state index contributed by atoms with van der Waals surface area (Å²) in [6.07, 6.45) is 0. The van der Waals surface area contributed by atoms with Crippen LogP contribution in [0.4, 0.5) is 11.4 Å². The summed E-state index contributed by atoms with van der Waals surface area (Å²) in [5, 5.41) is 18.7. The molecule has 0 unspecified atom stereocenters. The highest BCUT2D eigenvalue weighted by Crippen LogP contribution is 2.71. The zero-order chi connectivity index (χ0) is 28.7. The van der Waals surface area contributed by atoms with Crippen molar-refractivity contribution in [2.45, 2.75) is 8.95 Å². The second-order valence-electron chi connectivity index (χ2n) is 9.93. The molecule has 6 nitrogen and oxygen atoms in total. The molecule has 0 aromatic heterocycles. The number of anilines is 1. The Labute approximate surface area is 251 Å². The van der Waals surface area contributed by atoms with E-state index in [1.807, 2.05) is 71.7 Å². The second kappa shape index (κ2) is 10.3. The lowest BCUT2D eigenvalue weighted by molar-refractivity contribution is -0.384. The Bertz CT molecular complexity index is 1790. The first-order valence-corrected chi connectivity index (χ1v) is 15.0. The van der Waals surface area contributed by atoms with Gasteiger partial charge in [0.25, 0.3) is 5.69 Å². The molecular weight excluding hydrogens is 563 g/mol. The van der Waals surface area contributed by atoms with Gasteiger partial charge in [-0.2, -0.15) is 5.10 Å². The van der Waals surface area contributed by atoms with Gasteiger partial charge in [0.1, 0.15) is 0 Å². The third kappa shape index (κ3) is 4.06. The molecule has 2 heterocycles. The molecule has 204 valence electrons. The molecule has 5 aromatic rings. The number of fused-ring (bicyclic) bond motifs is 2. The van der Waals surface area contributed by atoms with Crippen LogP contribution in [0.2, 0.25) is 0 Å². The number of hydrogen-bond donors (Lipinski definition) is 0. The molecule has 1 spiro atoms. The van der Waals surface area contributed by atoms with Crippen LogP contribution in [0.15, 0.2) is 145 Å². The van der Waals surface area contributed by atoms with Crippen molar-refractivity contribution in [3.63, 3.8) is 0 Å². The lowest BCUT2D eigenvalue weighted by Crippen LogP contribution is -2.34. The minimum Gasteiger partial charge on any atom is -0.286 e. The van der Waals surface area contributed by atoms with Gasteiger partial charge in [-0.15, -0.1) is 0 Å². The Hall–Kier alpha value is -4.66. The lowest BCUT2D eigenvalue weighted by Gasteiger charge is -2.37. The van der Waals surface area contributed by atoms with E-state index >= 15 is 0 Å². The monoisotopic (exact) mass is 585 g/mol. The Morgan fingerprint density at radius 2 is 1.21 bits per heavy atom. The summed E-state index contributed by atoms with van der Waals surface area (Å²) in [4.78, 5) is 24.9. The van der Waals surface area contributed by atoms with Crippen LogP contribution in [0.5, 0.6) is 0 Å². The van der Waals surface area contributed by atoms with E-state index in [-0.39, 0.29) is 11.5 Å². The van der Waals surface area contributed by atoms with E-state index in [9.17, 15) is 14.9 Å². The summed E-state index contributed by atoms with van der Waals surface area (Å²) in [7, 11) is 0. The average Bonchev–Trinajstić information content (AvgIpc) is 3.59. The highest BCUT2D eigenvalue weighted by Gasteiger charge is 2.61. The maximum absolute atomic E-state index is 13.8. The normalized spacial score (nSPS) is 18.5. The summed E-state index contributed by atoms with van der Waals surface area (Å²) in [6.45, 7) is 0. The Balaban J connectivity index is 1.47. The van der Waals surface area contributed by atoms with Crippen LogP contribution < -0.4 is 5.01 Å². The number of ketones is 1. The molecule has 1 atom stereocenters. The van der Waals surface area contributed by atoms with Crippen molar-refractivity contribution < 1.29 is 9.72 Å². The number of benzene rings is 5. The number of carbonyl (C=O) groups excluding carboxylic acids is 1. The number of hydrazone groups is 1. The molecule has 0 amide bonds. The number of Topliss-reactive ketones (excluding diaryl/α,β-unsaturated/α-hetero) is 1. The van der Waals surface area contributed by atoms with Gasteiger partial charge in [-0.3, -0.25) is 14.9 Å². The zero-order valence-electron chi connectivity index (χ0n) is 22.2. The third-order valence-electron chi connectivity index (χ3n) is 7.54. The number of non-ortho nitro benzene ring substituents is 1. The Morgan fingerprint density at radius 1 is 0.690 bits per heavy atom.